The molecule has 2 aromatic heterocycles. The minimum Gasteiger partial charge on any atom is -0.334 e. The molecule has 1 aliphatic heterocycles. The van der Waals surface area contributed by atoms with Crippen LogP contribution in [0.15, 0.2) is 11.6 Å². The molecule has 6 nitrogen and oxygen atoms in total. The normalized spacial score (nSPS) is 16.6. The first-order valence-electron chi connectivity index (χ1n) is 9.63. The number of thiophene rings is 1. The Labute approximate surface area is 170 Å². The lowest BCUT2D eigenvalue weighted by Crippen LogP contribution is -2.37. The van der Waals surface area contributed by atoms with Crippen LogP contribution in [0, 0.1) is 6.92 Å². The largest absolute Gasteiger partial charge is 0.334 e. The summed E-state index contributed by atoms with van der Waals surface area (Å²) in [4.78, 5) is 20.9. The fourth-order valence-electron chi connectivity index (χ4n) is 4.18. The molecule has 0 saturated carbocycles. The van der Waals surface area contributed by atoms with Crippen LogP contribution in [-0.2, 0) is 42.4 Å². The molecule has 0 atom stereocenters. The molecule has 28 heavy (non-hydrogen) atoms. The third kappa shape index (κ3) is 3.86. The highest BCUT2D eigenvalue weighted by Crippen LogP contribution is 2.32. The molecule has 150 valence electrons. The molecule has 0 unspecified atom stereocenters. The first-order chi connectivity index (χ1) is 13.3. The van der Waals surface area contributed by atoms with E-state index in [0.29, 0.717) is 13.1 Å². The SMILES string of the molecule is Cc1ncc2c(c1CNS(C)(=O)=O)CCN(C(=O)c1csc3c1CCCC3)C2. The van der Waals surface area contributed by atoms with Crippen molar-refractivity contribution >= 4 is 27.3 Å². The van der Waals surface area contributed by atoms with Crippen LogP contribution in [-0.4, -0.2) is 37.0 Å². The molecule has 0 spiro atoms. The Morgan fingerprint density at radius 2 is 2.04 bits per heavy atom. The van der Waals surface area contributed by atoms with Gasteiger partial charge in [0, 0.05) is 41.8 Å². The quantitative estimate of drug-likeness (QED) is 0.826. The zero-order valence-corrected chi connectivity index (χ0v) is 17.9. The number of nitrogens with one attached hydrogen (secondary N) is 1. The first kappa shape index (κ1) is 19.5. The van der Waals surface area contributed by atoms with E-state index in [-0.39, 0.29) is 12.5 Å². The van der Waals surface area contributed by atoms with Gasteiger partial charge in [0.25, 0.3) is 5.91 Å². The summed E-state index contributed by atoms with van der Waals surface area (Å²) in [5.74, 6) is 0.112. The molecule has 0 saturated heterocycles. The maximum atomic E-state index is 13.2. The van der Waals surface area contributed by atoms with Gasteiger partial charge >= 0.3 is 0 Å². The van der Waals surface area contributed by atoms with Crippen molar-refractivity contribution in [2.75, 3.05) is 12.8 Å². The molecule has 3 heterocycles. The van der Waals surface area contributed by atoms with Crippen LogP contribution in [0.1, 0.15) is 56.0 Å². The predicted molar refractivity (Wildman–Crippen MR) is 110 cm³/mol. The average Bonchev–Trinajstić information content (AvgIpc) is 3.09. The standard InChI is InChI=1S/C20H25N3O3S2/c1-13-17(10-22-28(2,25)26)15-7-8-23(11-14(15)9-21-13)20(24)18-12-27-19-6-4-3-5-16(18)19/h9,12,22H,3-8,10-11H2,1-2H3. The van der Waals surface area contributed by atoms with E-state index in [1.165, 1.54) is 16.9 Å². The third-order valence-corrected chi connectivity index (χ3v) is 7.44. The van der Waals surface area contributed by atoms with Crippen molar-refractivity contribution < 1.29 is 13.2 Å². The van der Waals surface area contributed by atoms with Gasteiger partial charge in [0.05, 0.1) is 11.8 Å². The molecule has 0 radical (unpaired) electrons. The second-order valence-corrected chi connectivity index (χ2v) is 10.5. The molecule has 8 heteroatoms. The smallest absolute Gasteiger partial charge is 0.255 e. The van der Waals surface area contributed by atoms with E-state index < -0.39 is 10.0 Å². The zero-order valence-electron chi connectivity index (χ0n) is 16.2. The van der Waals surface area contributed by atoms with Crippen molar-refractivity contribution in [2.45, 2.75) is 52.1 Å². The summed E-state index contributed by atoms with van der Waals surface area (Å²) in [6, 6.07) is 0. The Morgan fingerprint density at radius 1 is 1.25 bits per heavy atom. The van der Waals surface area contributed by atoms with Gasteiger partial charge in [0.1, 0.15) is 0 Å². The Hall–Kier alpha value is -1.77. The van der Waals surface area contributed by atoms with Gasteiger partial charge in [-0.1, -0.05) is 0 Å². The van der Waals surface area contributed by atoms with Crippen molar-refractivity contribution in [1.29, 1.82) is 0 Å². The topological polar surface area (TPSA) is 79.4 Å². The maximum absolute atomic E-state index is 13.2. The minimum atomic E-state index is -3.27. The van der Waals surface area contributed by atoms with Gasteiger partial charge in [-0.05, 0) is 61.3 Å². The summed E-state index contributed by atoms with van der Waals surface area (Å²) < 4.78 is 25.6. The molecule has 2 aliphatic rings. The van der Waals surface area contributed by atoms with E-state index in [0.717, 1.165) is 59.9 Å². The number of amides is 1. The van der Waals surface area contributed by atoms with Crippen molar-refractivity contribution in [3.8, 4) is 0 Å². The van der Waals surface area contributed by atoms with E-state index in [1.54, 1.807) is 11.3 Å². The van der Waals surface area contributed by atoms with E-state index in [2.05, 4.69) is 9.71 Å². The Morgan fingerprint density at radius 3 is 2.82 bits per heavy atom. The van der Waals surface area contributed by atoms with Gasteiger partial charge in [0.15, 0.2) is 0 Å². The number of hydrogen-bond donors (Lipinski definition) is 1. The molecule has 1 N–H and O–H groups in total. The number of aryl methyl sites for hydroxylation is 2. The van der Waals surface area contributed by atoms with Crippen LogP contribution in [0.3, 0.4) is 0 Å². The molecule has 1 aliphatic carbocycles. The lowest BCUT2D eigenvalue weighted by atomic mass is 9.93. The molecule has 0 bridgehead atoms. The molecule has 0 aromatic carbocycles. The maximum Gasteiger partial charge on any atom is 0.255 e. The third-order valence-electron chi connectivity index (χ3n) is 5.69. The summed E-state index contributed by atoms with van der Waals surface area (Å²) in [5, 5.41) is 2.03. The fourth-order valence-corrected chi connectivity index (χ4v) is 5.70. The van der Waals surface area contributed by atoms with Gasteiger partial charge in [-0.3, -0.25) is 9.78 Å². The number of nitrogens with zero attached hydrogens (tertiary/aromatic N) is 2. The van der Waals surface area contributed by atoms with Gasteiger partial charge in [-0.15, -0.1) is 11.3 Å². The van der Waals surface area contributed by atoms with Crippen molar-refractivity contribution in [2.24, 2.45) is 0 Å². The molecule has 2 aromatic rings. The van der Waals surface area contributed by atoms with Gasteiger partial charge in [0.2, 0.25) is 10.0 Å². The molecule has 0 fully saturated rings. The monoisotopic (exact) mass is 419 g/mol. The van der Waals surface area contributed by atoms with Crippen LogP contribution in [0.5, 0.6) is 0 Å². The van der Waals surface area contributed by atoms with Crippen LogP contribution in [0.4, 0.5) is 0 Å². The zero-order chi connectivity index (χ0) is 19.9. The number of hydrogen-bond acceptors (Lipinski definition) is 5. The van der Waals surface area contributed by atoms with Gasteiger partial charge < -0.3 is 4.90 Å². The molecule has 1 amide bonds. The van der Waals surface area contributed by atoms with E-state index in [9.17, 15) is 13.2 Å². The number of rotatable bonds is 4. The second kappa shape index (κ2) is 7.57. The summed E-state index contributed by atoms with van der Waals surface area (Å²) in [6.45, 7) is 3.31. The highest BCUT2D eigenvalue weighted by atomic mass is 32.2. The highest BCUT2D eigenvalue weighted by Gasteiger charge is 2.28. The summed E-state index contributed by atoms with van der Waals surface area (Å²) in [6.07, 6.45) is 8.18. The Kier molecular flexibility index (Phi) is 5.28. The van der Waals surface area contributed by atoms with E-state index >= 15 is 0 Å². The van der Waals surface area contributed by atoms with Gasteiger partial charge in [-0.25, -0.2) is 13.1 Å². The van der Waals surface area contributed by atoms with Crippen LogP contribution in [0.2, 0.25) is 0 Å². The fraction of sp³-hybridized carbons (Fsp3) is 0.500. The van der Waals surface area contributed by atoms with Crippen LogP contribution in [0.25, 0.3) is 0 Å². The van der Waals surface area contributed by atoms with Crippen LogP contribution >= 0.6 is 11.3 Å². The number of carbonyl (C=O) groups excluding carboxylic acids is 1. The summed E-state index contributed by atoms with van der Waals surface area (Å²) >= 11 is 1.72. The Bertz CT molecular complexity index is 1030. The van der Waals surface area contributed by atoms with Gasteiger partial charge in [-0.2, -0.15) is 0 Å². The van der Waals surface area contributed by atoms with E-state index in [1.807, 2.05) is 23.4 Å². The van der Waals surface area contributed by atoms with Crippen molar-refractivity contribution in [1.82, 2.24) is 14.6 Å². The number of sulfonamides is 1. The number of aromatic nitrogens is 1. The minimum absolute atomic E-state index is 0.112. The van der Waals surface area contributed by atoms with Crippen molar-refractivity contribution in [3.05, 3.63) is 50.0 Å². The number of carbonyl (C=O) groups is 1. The summed E-state index contributed by atoms with van der Waals surface area (Å²) in [5.41, 5.74) is 6.04. The summed E-state index contributed by atoms with van der Waals surface area (Å²) in [7, 11) is -3.27. The predicted octanol–water partition coefficient (Wildman–Crippen LogP) is 2.58. The number of fused-ring (bicyclic) bond motifs is 2. The van der Waals surface area contributed by atoms with Crippen LogP contribution < -0.4 is 4.72 Å². The number of pyridine rings is 1. The lowest BCUT2D eigenvalue weighted by Gasteiger charge is -2.31. The first-order valence-corrected chi connectivity index (χ1v) is 12.4. The van der Waals surface area contributed by atoms with E-state index in [4.69, 9.17) is 0 Å². The average molecular weight is 420 g/mol. The second-order valence-electron chi connectivity index (χ2n) is 7.65. The molecule has 4 rings (SSSR count). The van der Waals surface area contributed by atoms with Crippen molar-refractivity contribution in [3.63, 3.8) is 0 Å². The lowest BCUT2D eigenvalue weighted by molar-refractivity contribution is 0.0733. The highest BCUT2D eigenvalue weighted by molar-refractivity contribution is 7.88. The Balaban J connectivity index is 1.57. The molecular formula is C20H25N3O3S2. The molecular weight excluding hydrogens is 394 g/mol.